The van der Waals surface area contributed by atoms with Gasteiger partial charge in [0.2, 0.25) is 10.0 Å². The molecule has 7 heteroatoms. The number of rotatable bonds is 6. The number of sulfonamides is 1. The van der Waals surface area contributed by atoms with Crippen LogP contribution >= 0.6 is 0 Å². The number of methoxy groups -OCH3 is 1. The fraction of sp³-hybridized carbons (Fsp3) is 0.143. The first-order chi connectivity index (χ1) is 13.4. The Kier molecular flexibility index (Phi) is 5.73. The Morgan fingerprint density at radius 2 is 1.75 bits per heavy atom. The molecule has 0 aliphatic heterocycles. The summed E-state index contributed by atoms with van der Waals surface area (Å²) in [7, 11) is -2.74. The minimum absolute atomic E-state index is 0.0694. The van der Waals surface area contributed by atoms with Crippen LogP contribution in [0.4, 0.5) is 0 Å². The van der Waals surface area contributed by atoms with Crippen molar-refractivity contribution in [2.75, 3.05) is 7.11 Å². The van der Waals surface area contributed by atoms with Gasteiger partial charge in [0, 0.05) is 0 Å². The minimum atomic E-state index is -3.94. The van der Waals surface area contributed by atoms with Crippen LogP contribution < -0.4 is 4.72 Å². The number of nitriles is 1. The van der Waals surface area contributed by atoms with Gasteiger partial charge in [-0.05, 0) is 47.0 Å². The average molecular weight is 394 g/mol. The zero-order valence-corrected chi connectivity index (χ0v) is 15.9. The van der Waals surface area contributed by atoms with Gasteiger partial charge in [0.1, 0.15) is 6.04 Å². The summed E-state index contributed by atoms with van der Waals surface area (Å²) in [6.07, 6.45) is 0.102. The lowest BCUT2D eigenvalue weighted by Crippen LogP contribution is -2.42. The van der Waals surface area contributed by atoms with Crippen molar-refractivity contribution in [3.8, 4) is 6.07 Å². The zero-order chi connectivity index (χ0) is 20.1. The molecule has 1 N–H and O–H groups in total. The van der Waals surface area contributed by atoms with E-state index >= 15 is 0 Å². The Balaban J connectivity index is 1.87. The summed E-state index contributed by atoms with van der Waals surface area (Å²) >= 11 is 0. The first kappa shape index (κ1) is 19.5. The molecule has 0 radical (unpaired) electrons. The fourth-order valence-corrected chi connectivity index (χ4v) is 4.08. The lowest BCUT2D eigenvalue weighted by Gasteiger charge is -2.17. The SMILES string of the molecule is COC(=O)C(Cc1ccc(C#N)cc1)NS(=O)(=O)c1ccc2ccccc2c1. The topological polar surface area (TPSA) is 96.3 Å². The van der Waals surface area contributed by atoms with Crippen molar-refractivity contribution in [3.05, 3.63) is 77.9 Å². The quantitative estimate of drug-likeness (QED) is 0.649. The largest absolute Gasteiger partial charge is 0.468 e. The number of benzene rings is 3. The summed E-state index contributed by atoms with van der Waals surface area (Å²) in [5.74, 6) is -0.686. The molecule has 3 rings (SSSR count). The average Bonchev–Trinajstić information content (AvgIpc) is 2.72. The molecule has 0 aromatic heterocycles. The van der Waals surface area contributed by atoms with Crippen molar-refractivity contribution < 1.29 is 17.9 Å². The smallest absolute Gasteiger partial charge is 0.324 e. The lowest BCUT2D eigenvalue weighted by atomic mass is 10.1. The maximum absolute atomic E-state index is 12.8. The van der Waals surface area contributed by atoms with E-state index in [4.69, 9.17) is 10.00 Å². The molecular formula is C21H18N2O4S. The Morgan fingerprint density at radius 3 is 2.39 bits per heavy atom. The highest BCUT2D eigenvalue weighted by Crippen LogP contribution is 2.19. The predicted molar refractivity (Wildman–Crippen MR) is 105 cm³/mol. The van der Waals surface area contributed by atoms with Crippen LogP contribution in [0.2, 0.25) is 0 Å². The van der Waals surface area contributed by atoms with Gasteiger partial charge in [-0.1, -0.05) is 42.5 Å². The van der Waals surface area contributed by atoms with Crippen LogP contribution in [-0.2, 0) is 26.0 Å². The van der Waals surface area contributed by atoms with E-state index in [9.17, 15) is 13.2 Å². The zero-order valence-electron chi connectivity index (χ0n) is 15.1. The van der Waals surface area contributed by atoms with Crippen LogP contribution in [0.3, 0.4) is 0 Å². The van der Waals surface area contributed by atoms with Gasteiger partial charge in [-0.15, -0.1) is 0 Å². The van der Waals surface area contributed by atoms with Gasteiger partial charge in [-0.25, -0.2) is 8.42 Å². The Morgan fingerprint density at radius 1 is 1.07 bits per heavy atom. The number of ether oxygens (including phenoxy) is 1. The molecule has 3 aromatic carbocycles. The van der Waals surface area contributed by atoms with Crippen molar-refractivity contribution in [2.45, 2.75) is 17.4 Å². The van der Waals surface area contributed by atoms with Gasteiger partial charge in [0.15, 0.2) is 0 Å². The molecule has 1 unspecified atom stereocenters. The van der Waals surface area contributed by atoms with Crippen LogP contribution in [0.1, 0.15) is 11.1 Å². The summed E-state index contributed by atoms with van der Waals surface area (Å²) in [5, 5.41) is 10.6. The number of nitrogens with one attached hydrogen (secondary N) is 1. The molecule has 0 aliphatic rings. The summed E-state index contributed by atoms with van der Waals surface area (Å²) < 4.78 is 32.9. The van der Waals surface area contributed by atoms with Crippen LogP contribution in [0.25, 0.3) is 10.8 Å². The maximum atomic E-state index is 12.8. The van der Waals surface area contributed by atoms with E-state index in [2.05, 4.69) is 4.72 Å². The van der Waals surface area contributed by atoms with Gasteiger partial charge in [-0.2, -0.15) is 9.98 Å². The summed E-state index contributed by atoms with van der Waals surface area (Å²) in [6.45, 7) is 0. The second kappa shape index (κ2) is 8.21. The van der Waals surface area contributed by atoms with Gasteiger partial charge >= 0.3 is 5.97 Å². The number of carbonyl (C=O) groups is 1. The number of esters is 1. The Bertz CT molecular complexity index is 1150. The molecule has 0 bridgehead atoms. The van der Waals surface area contributed by atoms with Crippen LogP contribution in [0, 0.1) is 11.3 Å². The van der Waals surface area contributed by atoms with Crippen LogP contribution in [0.5, 0.6) is 0 Å². The van der Waals surface area contributed by atoms with Gasteiger partial charge in [0.05, 0.1) is 23.6 Å². The Hall–Kier alpha value is -3.21. The van der Waals surface area contributed by atoms with E-state index in [-0.39, 0.29) is 11.3 Å². The number of fused-ring (bicyclic) bond motifs is 1. The molecule has 28 heavy (non-hydrogen) atoms. The summed E-state index contributed by atoms with van der Waals surface area (Å²) in [6, 6.07) is 19.7. The Labute approximate surface area is 163 Å². The molecule has 6 nitrogen and oxygen atoms in total. The third-order valence-electron chi connectivity index (χ3n) is 4.34. The van der Waals surface area contributed by atoms with E-state index in [1.54, 1.807) is 36.4 Å². The number of hydrogen-bond acceptors (Lipinski definition) is 5. The molecule has 142 valence electrons. The second-order valence-electron chi connectivity index (χ2n) is 6.22. The number of carbonyl (C=O) groups excluding carboxylic acids is 1. The maximum Gasteiger partial charge on any atom is 0.324 e. The molecule has 0 spiro atoms. The van der Waals surface area contributed by atoms with Crippen LogP contribution in [-0.4, -0.2) is 27.5 Å². The second-order valence-corrected chi connectivity index (χ2v) is 7.93. The first-order valence-electron chi connectivity index (χ1n) is 8.51. The normalized spacial score (nSPS) is 12.3. The molecule has 1 atom stereocenters. The van der Waals surface area contributed by atoms with Gasteiger partial charge in [0.25, 0.3) is 0 Å². The first-order valence-corrected chi connectivity index (χ1v) is 9.99. The van der Waals surface area contributed by atoms with Crippen molar-refractivity contribution >= 4 is 26.8 Å². The molecule has 0 heterocycles. The van der Waals surface area contributed by atoms with Crippen molar-refractivity contribution in [1.82, 2.24) is 4.72 Å². The molecule has 3 aromatic rings. The van der Waals surface area contributed by atoms with Crippen molar-refractivity contribution in [3.63, 3.8) is 0 Å². The third-order valence-corrected chi connectivity index (χ3v) is 5.81. The monoisotopic (exact) mass is 394 g/mol. The van der Waals surface area contributed by atoms with Crippen molar-refractivity contribution in [2.24, 2.45) is 0 Å². The summed E-state index contributed by atoms with van der Waals surface area (Å²) in [4.78, 5) is 12.2. The van der Waals surface area contributed by atoms with Crippen molar-refractivity contribution in [1.29, 1.82) is 5.26 Å². The standard InChI is InChI=1S/C21H18N2O4S/c1-27-21(24)20(12-15-6-8-16(14-22)9-7-15)23-28(25,26)19-11-10-17-4-2-3-5-18(17)13-19/h2-11,13,20,23H,12H2,1H3. The van der Waals surface area contributed by atoms with E-state index in [0.29, 0.717) is 11.1 Å². The number of hydrogen-bond donors (Lipinski definition) is 1. The van der Waals surface area contributed by atoms with E-state index < -0.39 is 22.0 Å². The highest BCUT2D eigenvalue weighted by molar-refractivity contribution is 7.89. The molecule has 0 amide bonds. The predicted octanol–water partition coefficient (Wildman–Crippen LogP) is 2.77. The van der Waals surface area contributed by atoms with E-state index in [1.165, 1.54) is 13.2 Å². The molecule has 0 aliphatic carbocycles. The minimum Gasteiger partial charge on any atom is -0.468 e. The fourth-order valence-electron chi connectivity index (χ4n) is 2.86. The number of nitrogens with zero attached hydrogens (tertiary/aromatic N) is 1. The molecule has 0 fully saturated rings. The molecule has 0 saturated heterocycles. The molecule has 0 saturated carbocycles. The third kappa shape index (κ3) is 4.36. The summed E-state index contributed by atoms with van der Waals surface area (Å²) in [5.41, 5.74) is 1.19. The highest BCUT2D eigenvalue weighted by Gasteiger charge is 2.27. The van der Waals surface area contributed by atoms with E-state index in [1.807, 2.05) is 30.3 Å². The van der Waals surface area contributed by atoms with Gasteiger partial charge < -0.3 is 4.74 Å². The van der Waals surface area contributed by atoms with Gasteiger partial charge in [-0.3, -0.25) is 4.79 Å². The molecular weight excluding hydrogens is 376 g/mol. The lowest BCUT2D eigenvalue weighted by molar-refractivity contribution is -0.142. The highest BCUT2D eigenvalue weighted by atomic mass is 32.2. The van der Waals surface area contributed by atoms with E-state index in [0.717, 1.165) is 10.8 Å². The van der Waals surface area contributed by atoms with Crippen LogP contribution in [0.15, 0.2) is 71.6 Å².